The minimum absolute atomic E-state index is 0.157. The van der Waals surface area contributed by atoms with Gasteiger partial charge in [-0.05, 0) is 72.3 Å². The van der Waals surface area contributed by atoms with Crippen LogP contribution in [0.2, 0.25) is 0 Å². The van der Waals surface area contributed by atoms with E-state index in [1.165, 1.54) is 4.90 Å². The number of thioether (sulfide) groups is 1. The Bertz CT molecular complexity index is 1220. The van der Waals surface area contributed by atoms with Gasteiger partial charge in [0.1, 0.15) is 18.1 Å². The van der Waals surface area contributed by atoms with Crippen molar-refractivity contribution in [2.45, 2.75) is 6.92 Å². The molecular weight excluding hydrogens is 438 g/mol. The number of aryl methyl sites for hydroxylation is 1. The first kappa shape index (κ1) is 22.4. The van der Waals surface area contributed by atoms with Gasteiger partial charge in [-0.3, -0.25) is 14.5 Å². The number of carbonyl (C=O) groups excluding carboxylic acids is 3. The number of esters is 1. The van der Waals surface area contributed by atoms with Gasteiger partial charge < -0.3 is 9.47 Å². The number of nitrogens with zero attached hydrogens (tertiary/aromatic N) is 1. The Morgan fingerprint density at radius 2 is 1.70 bits per heavy atom. The van der Waals surface area contributed by atoms with Gasteiger partial charge in [-0.1, -0.05) is 42.5 Å². The van der Waals surface area contributed by atoms with Crippen molar-refractivity contribution in [1.82, 2.24) is 4.90 Å². The van der Waals surface area contributed by atoms with Gasteiger partial charge in [0.25, 0.3) is 11.1 Å². The highest BCUT2D eigenvalue weighted by molar-refractivity contribution is 8.18. The van der Waals surface area contributed by atoms with E-state index < -0.39 is 5.97 Å². The Kier molecular flexibility index (Phi) is 6.90. The fourth-order valence-corrected chi connectivity index (χ4v) is 4.08. The Morgan fingerprint density at radius 3 is 2.48 bits per heavy atom. The Labute approximate surface area is 195 Å². The molecule has 6 nitrogen and oxygen atoms in total. The normalized spacial score (nSPS) is 14.6. The van der Waals surface area contributed by atoms with Crippen LogP contribution >= 0.6 is 11.8 Å². The average Bonchev–Trinajstić information content (AvgIpc) is 3.07. The molecule has 3 aromatic rings. The minimum atomic E-state index is -0.471. The minimum Gasteiger partial charge on any atom is -0.492 e. The lowest BCUT2D eigenvalue weighted by molar-refractivity contribution is -0.123. The summed E-state index contributed by atoms with van der Waals surface area (Å²) in [5, 5.41) is -0.342. The van der Waals surface area contributed by atoms with Crippen LogP contribution in [0.3, 0.4) is 0 Å². The van der Waals surface area contributed by atoms with E-state index in [-0.39, 0.29) is 24.3 Å². The third-order valence-corrected chi connectivity index (χ3v) is 5.73. The number of benzene rings is 3. The molecule has 4 rings (SSSR count). The van der Waals surface area contributed by atoms with Gasteiger partial charge in [-0.15, -0.1) is 0 Å². The first-order valence-electron chi connectivity index (χ1n) is 10.3. The van der Waals surface area contributed by atoms with E-state index >= 15 is 0 Å². The van der Waals surface area contributed by atoms with E-state index in [2.05, 4.69) is 0 Å². The second kappa shape index (κ2) is 10.2. The molecule has 33 heavy (non-hydrogen) atoms. The summed E-state index contributed by atoms with van der Waals surface area (Å²) in [6.45, 7) is 2.33. The summed E-state index contributed by atoms with van der Waals surface area (Å²) in [4.78, 5) is 38.8. The molecule has 0 atom stereocenters. The van der Waals surface area contributed by atoms with Crippen molar-refractivity contribution in [2.75, 3.05) is 13.2 Å². The fraction of sp³-hybridized carbons (Fsp3) is 0.115. The number of carbonyl (C=O) groups is 3. The molecule has 0 unspecified atom stereocenters. The second-order valence-corrected chi connectivity index (χ2v) is 8.32. The van der Waals surface area contributed by atoms with Crippen molar-refractivity contribution in [1.29, 1.82) is 0 Å². The standard InChI is InChI=1S/C26H21NO5S/c1-18-7-5-11-21(15-18)31-14-13-27-24(28)23(33-26(27)30)17-19-8-6-12-22(16-19)32-25(29)20-9-3-2-4-10-20/h2-12,15-17H,13-14H2,1H3/b23-17-. The van der Waals surface area contributed by atoms with Crippen LogP contribution in [0.4, 0.5) is 4.79 Å². The van der Waals surface area contributed by atoms with Crippen molar-refractivity contribution >= 4 is 35.0 Å². The van der Waals surface area contributed by atoms with Crippen LogP contribution in [0.25, 0.3) is 6.08 Å². The highest BCUT2D eigenvalue weighted by Crippen LogP contribution is 2.32. The number of imide groups is 1. The molecule has 3 aromatic carbocycles. The van der Waals surface area contributed by atoms with Crippen LogP contribution < -0.4 is 9.47 Å². The molecule has 1 aliphatic heterocycles. The lowest BCUT2D eigenvalue weighted by Gasteiger charge is -2.13. The van der Waals surface area contributed by atoms with Crippen molar-refractivity contribution in [3.05, 3.63) is 100 Å². The number of ether oxygens (including phenoxy) is 2. The van der Waals surface area contributed by atoms with Crippen molar-refractivity contribution in [2.24, 2.45) is 0 Å². The highest BCUT2D eigenvalue weighted by Gasteiger charge is 2.34. The van der Waals surface area contributed by atoms with Gasteiger partial charge in [-0.25, -0.2) is 4.79 Å². The molecule has 0 spiro atoms. The highest BCUT2D eigenvalue weighted by atomic mass is 32.2. The van der Waals surface area contributed by atoms with Gasteiger partial charge in [0.05, 0.1) is 17.0 Å². The molecule has 0 aromatic heterocycles. The summed E-state index contributed by atoms with van der Waals surface area (Å²) in [7, 11) is 0. The van der Waals surface area contributed by atoms with E-state index in [0.29, 0.717) is 27.5 Å². The maximum atomic E-state index is 12.7. The number of hydrogen-bond donors (Lipinski definition) is 0. The van der Waals surface area contributed by atoms with E-state index in [4.69, 9.17) is 9.47 Å². The van der Waals surface area contributed by atoms with Crippen LogP contribution in [0.15, 0.2) is 83.8 Å². The van der Waals surface area contributed by atoms with Crippen LogP contribution in [0, 0.1) is 6.92 Å². The van der Waals surface area contributed by atoms with Crippen LogP contribution in [0.5, 0.6) is 11.5 Å². The first-order chi connectivity index (χ1) is 16.0. The largest absolute Gasteiger partial charge is 0.492 e. The summed E-state index contributed by atoms with van der Waals surface area (Å²) in [5.41, 5.74) is 2.16. The molecule has 1 aliphatic rings. The molecule has 2 amide bonds. The van der Waals surface area contributed by atoms with Crippen LogP contribution in [0.1, 0.15) is 21.5 Å². The zero-order chi connectivity index (χ0) is 23.2. The van der Waals surface area contributed by atoms with Gasteiger partial charge >= 0.3 is 5.97 Å². The maximum absolute atomic E-state index is 12.7. The molecule has 0 aliphatic carbocycles. The molecule has 1 fully saturated rings. The third kappa shape index (κ3) is 5.70. The number of rotatable bonds is 7. The monoisotopic (exact) mass is 459 g/mol. The Hall–Kier alpha value is -3.84. The Morgan fingerprint density at radius 1 is 0.939 bits per heavy atom. The average molecular weight is 460 g/mol. The lowest BCUT2D eigenvalue weighted by atomic mass is 10.2. The fourth-order valence-electron chi connectivity index (χ4n) is 3.21. The van der Waals surface area contributed by atoms with Crippen molar-refractivity contribution in [3.8, 4) is 11.5 Å². The quantitative estimate of drug-likeness (QED) is 0.270. The molecule has 166 valence electrons. The molecular formula is C26H21NO5S. The summed E-state index contributed by atoms with van der Waals surface area (Å²) in [6, 6.07) is 23.1. The van der Waals surface area contributed by atoms with Crippen LogP contribution in [-0.2, 0) is 4.79 Å². The topological polar surface area (TPSA) is 72.9 Å². The van der Waals surface area contributed by atoms with Crippen molar-refractivity contribution in [3.63, 3.8) is 0 Å². The van der Waals surface area contributed by atoms with Gasteiger partial charge in [0.2, 0.25) is 0 Å². The van der Waals surface area contributed by atoms with Gasteiger partial charge in [0.15, 0.2) is 0 Å². The first-order valence-corrected chi connectivity index (χ1v) is 11.1. The van der Waals surface area contributed by atoms with E-state index in [0.717, 1.165) is 17.3 Å². The molecule has 0 bridgehead atoms. The summed E-state index contributed by atoms with van der Waals surface area (Å²) >= 11 is 0.877. The number of amides is 2. The smallest absolute Gasteiger partial charge is 0.343 e. The molecule has 7 heteroatoms. The summed E-state index contributed by atoms with van der Waals surface area (Å²) in [5.74, 6) is 0.203. The van der Waals surface area contributed by atoms with Crippen molar-refractivity contribution < 1.29 is 23.9 Å². The number of hydrogen-bond acceptors (Lipinski definition) is 6. The zero-order valence-electron chi connectivity index (χ0n) is 17.9. The predicted octanol–water partition coefficient (Wildman–Crippen LogP) is 5.33. The maximum Gasteiger partial charge on any atom is 0.343 e. The lowest BCUT2D eigenvalue weighted by Crippen LogP contribution is -2.32. The molecule has 0 N–H and O–H groups in total. The zero-order valence-corrected chi connectivity index (χ0v) is 18.7. The second-order valence-electron chi connectivity index (χ2n) is 7.33. The van der Waals surface area contributed by atoms with E-state index in [9.17, 15) is 14.4 Å². The molecule has 1 heterocycles. The van der Waals surface area contributed by atoms with E-state index in [1.807, 2.05) is 37.3 Å². The molecule has 1 saturated heterocycles. The van der Waals surface area contributed by atoms with Gasteiger partial charge in [-0.2, -0.15) is 0 Å². The molecule has 0 radical (unpaired) electrons. The van der Waals surface area contributed by atoms with E-state index in [1.54, 1.807) is 54.6 Å². The van der Waals surface area contributed by atoms with Crippen LogP contribution in [-0.4, -0.2) is 35.2 Å². The Balaban J connectivity index is 1.39. The predicted molar refractivity (Wildman–Crippen MR) is 127 cm³/mol. The van der Waals surface area contributed by atoms with Gasteiger partial charge in [0, 0.05) is 0 Å². The SMILES string of the molecule is Cc1cccc(OCCN2C(=O)S/C(=C\c3cccc(OC(=O)c4ccccc4)c3)C2=O)c1. The summed E-state index contributed by atoms with van der Waals surface area (Å²) in [6.07, 6.45) is 1.62. The third-order valence-electron chi connectivity index (χ3n) is 4.82. The molecule has 0 saturated carbocycles. The summed E-state index contributed by atoms with van der Waals surface area (Å²) < 4.78 is 11.1.